The maximum Gasteiger partial charge on any atom is 0.573 e. The molecule has 0 aromatic heterocycles. The molecule has 0 saturated heterocycles. The minimum atomic E-state index is -4.84. The zero-order valence-electron chi connectivity index (χ0n) is 14.9. The second-order valence-corrected chi connectivity index (χ2v) is 6.64. The normalized spacial score (nSPS) is 14.4. The van der Waals surface area contributed by atoms with Gasteiger partial charge in [0.25, 0.3) is 0 Å². The van der Waals surface area contributed by atoms with Gasteiger partial charge >= 0.3 is 12.3 Å². The van der Waals surface area contributed by atoms with Crippen LogP contribution in [0.3, 0.4) is 0 Å². The molecule has 0 unspecified atom stereocenters. The van der Waals surface area contributed by atoms with Crippen molar-refractivity contribution in [2.45, 2.75) is 32.0 Å². The van der Waals surface area contributed by atoms with Crippen molar-refractivity contribution in [3.8, 4) is 5.75 Å². The van der Waals surface area contributed by atoms with Crippen molar-refractivity contribution in [3.05, 3.63) is 58.9 Å². The molecule has 0 saturated carbocycles. The number of anilines is 1. The minimum Gasteiger partial charge on any atom is -0.481 e. The van der Waals surface area contributed by atoms with E-state index in [-0.39, 0.29) is 12.1 Å². The molecule has 0 atom stereocenters. The summed E-state index contributed by atoms with van der Waals surface area (Å²) in [7, 11) is 0. The Hall–Kier alpha value is -2.77. The van der Waals surface area contributed by atoms with Crippen LogP contribution < -0.4 is 9.64 Å². The molecular formula is C20H19F4NO3. The first-order valence-electron chi connectivity index (χ1n) is 8.84. The first-order chi connectivity index (χ1) is 13.2. The number of benzene rings is 2. The first-order valence-corrected chi connectivity index (χ1v) is 8.84. The number of alkyl halides is 3. The van der Waals surface area contributed by atoms with Gasteiger partial charge in [-0.3, -0.25) is 4.79 Å². The number of aliphatic carboxylic acids is 1. The number of hydrogen-bond acceptors (Lipinski definition) is 3. The van der Waals surface area contributed by atoms with Gasteiger partial charge in [-0.2, -0.15) is 0 Å². The van der Waals surface area contributed by atoms with Crippen LogP contribution in [-0.4, -0.2) is 30.5 Å². The summed E-state index contributed by atoms with van der Waals surface area (Å²) in [6.07, 6.45) is -3.17. The highest BCUT2D eigenvalue weighted by Crippen LogP contribution is 2.30. The van der Waals surface area contributed by atoms with Crippen LogP contribution in [0.4, 0.5) is 23.2 Å². The SMILES string of the molecule is O=C(O)CCc1ccc2c(c1)CCN(c1cc(OC(F)(F)F)ccc1F)CC2. The molecule has 0 amide bonds. The summed E-state index contributed by atoms with van der Waals surface area (Å²) < 4.78 is 55.5. The van der Waals surface area contributed by atoms with Gasteiger partial charge in [-0.15, -0.1) is 13.2 Å². The Kier molecular flexibility index (Phi) is 5.76. The zero-order chi connectivity index (χ0) is 20.3. The number of halogens is 4. The summed E-state index contributed by atoms with van der Waals surface area (Å²) in [6, 6.07) is 8.77. The minimum absolute atomic E-state index is 0.0438. The quantitative estimate of drug-likeness (QED) is 0.763. The molecule has 0 fully saturated rings. The van der Waals surface area contributed by atoms with Crippen molar-refractivity contribution < 1.29 is 32.2 Å². The van der Waals surface area contributed by atoms with E-state index < -0.39 is 23.9 Å². The third kappa shape index (κ3) is 5.15. The molecule has 2 aromatic rings. The number of nitrogens with zero attached hydrogens (tertiary/aromatic N) is 1. The fraction of sp³-hybridized carbons (Fsp3) is 0.350. The fourth-order valence-electron chi connectivity index (χ4n) is 3.36. The highest BCUT2D eigenvalue weighted by molar-refractivity contribution is 5.67. The molecule has 1 aliphatic heterocycles. The van der Waals surface area contributed by atoms with Gasteiger partial charge in [0, 0.05) is 25.6 Å². The van der Waals surface area contributed by atoms with E-state index >= 15 is 0 Å². The molecule has 1 heterocycles. The maximum absolute atomic E-state index is 14.3. The van der Waals surface area contributed by atoms with Gasteiger partial charge in [0.1, 0.15) is 11.6 Å². The average molecular weight is 397 g/mol. The number of rotatable bonds is 5. The highest BCUT2D eigenvalue weighted by Gasteiger charge is 2.31. The number of ether oxygens (including phenoxy) is 1. The molecule has 4 nitrogen and oxygen atoms in total. The van der Waals surface area contributed by atoms with E-state index in [0.29, 0.717) is 32.4 Å². The van der Waals surface area contributed by atoms with Crippen molar-refractivity contribution in [2.24, 2.45) is 0 Å². The van der Waals surface area contributed by atoms with Crippen molar-refractivity contribution >= 4 is 11.7 Å². The summed E-state index contributed by atoms with van der Waals surface area (Å²) >= 11 is 0. The molecule has 8 heteroatoms. The molecule has 1 aliphatic rings. The van der Waals surface area contributed by atoms with E-state index in [1.807, 2.05) is 18.2 Å². The summed E-state index contributed by atoms with van der Waals surface area (Å²) in [4.78, 5) is 12.4. The lowest BCUT2D eigenvalue weighted by atomic mass is 9.98. The zero-order valence-corrected chi connectivity index (χ0v) is 14.9. The second kappa shape index (κ2) is 8.08. The summed E-state index contributed by atoms with van der Waals surface area (Å²) in [5.74, 6) is -1.93. The van der Waals surface area contributed by atoms with Crippen molar-refractivity contribution in [3.63, 3.8) is 0 Å². The number of aryl methyl sites for hydroxylation is 1. The lowest BCUT2D eigenvalue weighted by molar-refractivity contribution is -0.274. The smallest absolute Gasteiger partial charge is 0.481 e. The topological polar surface area (TPSA) is 49.8 Å². The number of carbonyl (C=O) groups is 1. The third-order valence-corrected chi connectivity index (χ3v) is 4.69. The van der Waals surface area contributed by atoms with Crippen molar-refractivity contribution in [2.75, 3.05) is 18.0 Å². The van der Waals surface area contributed by atoms with Crippen molar-refractivity contribution in [1.82, 2.24) is 0 Å². The Bertz CT molecular complexity index is 867. The summed E-state index contributed by atoms with van der Waals surface area (Å²) in [5, 5.41) is 8.82. The number of fused-ring (bicyclic) bond motifs is 1. The molecule has 2 aromatic carbocycles. The van der Waals surface area contributed by atoms with E-state index in [4.69, 9.17) is 5.11 Å². The van der Waals surface area contributed by atoms with E-state index in [9.17, 15) is 22.4 Å². The number of hydrogen-bond donors (Lipinski definition) is 1. The van der Waals surface area contributed by atoms with E-state index in [0.717, 1.165) is 34.9 Å². The van der Waals surface area contributed by atoms with Crippen LogP contribution in [-0.2, 0) is 24.1 Å². The molecule has 150 valence electrons. The van der Waals surface area contributed by atoms with Gasteiger partial charge in [-0.25, -0.2) is 4.39 Å². The van der Waals surface area contributed by atoms with Gasteiger partial charge in [0.2, 0.25) is 0 Å². The number of carboxylic acids is 1. The van der Waals surface area contributed by atoms with E-state index in [1.54, 1.807) is 4.90 Å². The summed E-state index contributed by atoms with van der Waals surface area (Å²) in [5.41, 5.74) is 3.11. The van der Waals surface area contributed by atoms with Crippen LogP contribution in [0.25, 0.3) is 0 Å². The van der Waals surface area contributed by atoms with E-state index in [1.165, 1.54) is 0 Å². The Morgan fingerprint density at radius 3 is 2.46 bits per heavy atom. The lowest BCUT2D eigenvalue weighted by Crippen LogP contribution is -2.27. The standard InChI is InChI=1S/C20H19F4NO3/c21-17-5-4-16(28-20(22,23)24)12-18(17)25-9-7-14-3-1-13(2-6-19(26)27)11-15(14)8-10-25/h1,3-5,11-12H,2,6-10H2,(H,26,27). The van der Waals surface area contributed by atoms with Gasteiger partial charge in [-0.05, 0) is 48.1 Å². The van der Waals surface area contributed by atoms with Crippen LogP contribution in [0.5, 0.6) is 5.75 Å². The molecule has 28 heavy (non-hydrogen) atoms. The third-order valence-electron chi connectivity index (χ3n) is 4.69. The van der Waals surface area contributed by atoms with Crippen LogP contribution in [0.2, 0.25) is 0 Å². The van der Waals surface area contributed by atoms with Gasteiger partial charge in [0.05, 0.1) is 5.69 Å². The molecule has 0 aliphatic carbocycles. The molecule has 0 radical (unpaired) electrons. The van der Waals surface area contributed by atoms with Crippen LogP contribution in [0, 0.1) is 5.82 Å². The van der Waals surface area contributed by atoms with Crippen molar-refractivity contribution in [1.29, 1.82) is 0 Å². The van der Waals surface area contributed by atoms with Crippen LogP contribution in [0.15, 0.2) is 36.4 Å². The molecule has 1 N–H and O–H groups in total. The monoisotopic (exact) mass is 397 g/mol. The van der Waals surface area contributed by atoms with Crippen LogP contribution in [0.1, 0.15) is 23.1 Å². The molecule has 0 spiro atoms. The Balaban J connectivity index is 1.76. The maximum atomic E-state index is 14.3. The summed E-state index contributed by atoms with van der Waals surface area (Å²) in [6.45, 7) is 0.885. The number of carboxylic acid groups (broad SMARTS) is 1. The van der Waals surface area contributed by atoms with Crippen LogP contribution >= 0.6 is 0 Å². The first kappa shape index (κ1) is 20.0. The highest BCUT2D eigenvalue weighted by atomic mass is 19.4. The second-order valence-electron chi connectivity index (χ2n) is 6.64. The van der Waals surface area contributed by atoms with Gasteiger partial charge in [0.15, 0.2) is 0 Å². The van der Waals surface area contributed by atoms with E-state index in [2.05, 4.69) is 4.74 Å². The molecular weight excluding hydrogens is 378 g/mol. The average Bonchev–Trinajstić information content (AvgIpc) is 2.82. The molecule has 3 rings (SSSR count). The Morgan fingerprint density at radius 2 is 1.79 bits per heavy atom. The van der Waals surface area contributed by atoms with Gasteiger partial charge in [-0.1, -0.05) is 18.2 Å². The fourth-order valence-corrected chi connectivity index (χ4v) is 3.36. The molecule has 0 bridgehead atoms. The lowest BCUT2D eigenvalue weighted by Gasteiger charge is -2.24. The Labute approximate surface area is 159 Å². The largest absolute Gasteiger partial charge is 0.573 e. The Morgan fingerprint density at radius 1 is 1.07 bits per heavy atom. The predicted octanol–water partition coefficient (Wildman–Crippen LogP) is 4.35. The van der Waals surface area contributed by atoms with Gasteiger partial charge < -0.3 is 14.7 Å². The predicted molar refractivity (Wildman–Crippen MR) is 95.1 cm³/mol.